The highest BCUT2D eigenvalue weighted by molar-refractivity contribution is 5.99. The van der Waals surface area contributed by atoms with Crippen molar-refractivity contribution in [1.82, 2.24) is 50.7 Å². The summed E-state index contributed by atoms with van der Waals surface area (Å²) in [5, 5.41) is 32.3. The number of carbonyl (C=O) groups is 11. The van der Waals surface area contributed by atoms with Crippen LogP contribution in [0.2, 0.25) is 0 Å². The summed E-state index contributed by atoms with van der Waals surface area (Å²) in [4.78, 5) is 161. The van der Waals surface area contributed by atoms with Gasteiger partial charge in [-0.3, -0.25) is 52.7 Å². The van der Waals surface area contributed by atoms with E-state index in [0.29, 0.717) is 12.8 Å². The average Bonchev–Trinajstić information content (AvgIpc) is 3.15. The maximum atomic E-state index is 15.1. The molecule has 0 aromatic rings. The number of carboxylic acid groups (broad SMARTS) is 1. The molecular weight excluding hydrogens is 1100 g/mol. The molecular formula is C63H114N10O13. The number of nitrogens with one attached hydrogen (secondary N) is 4. The second-order valence-corrected chi connectivity index (χ2v) is 26.1. The molecule has 23 heteroatoms. The quantitative estimate of drug-likeness (QED) is 0.0473. The third kappa shape index (κ3) is 24.3. The number of ketones is 1. The summed E-state index contributed by atoms with van der Waals surface area (Å²) < 4.78 is 0. The number of likely N-dealkylation sites (N-methyl/N-ethyl adjacent to an activating group) is 7. The fourth-order valence-electron chi connectivity index (χ4n) is 10.6. The number of amides is 9. The Labute approximate surface area is 515 Å². The van der Waals surface area contributed by atoms with Crippen molar-refractivity contribution in [1.29, 1.82) is 0 Å². The number of aliphatic hydroxyl groups excluding tert-OH is 1. The number of aliphatic hydroxyl groups is 1. The first-order valence-corrected chi connectivity index (χ1v) is 30.9. The molecule has 0 spiro atoms. The van der Waals surface area contributed by atoms with Crippen LogP contribution in [0.4, 0.5) is 0 Å². The molecule has 0 fully saturated rings. The smallest absolute Gasteiger partial charge is 0.323 e. The predicted molar refractivity (Wildman–Crippen MR) is 334 cm³/mol. The van der Waals surface area contributed by atoms with E-state index >= 15 is 4.79 Å². The Morgan fingerprint density at radius 3 is 1.35 bits per heavy atom. The van der Waals surface area contributed by atoms with Gasteiger partial charge in [0.2, 0.25) is 53.2 Å². The molecule has 9 amide bonds. The molecule has 0 aromatic carbocycles. The van der Waals surface area contributed by atoms with E-state index in [2.05, 4.69) is 21.3 Å². The van der Waals surface area contributed by atoms with E-state index in [4.69, 9.17) is 0 Å². The molecule has 0 saturated carbocycles. The van der Waals surface area contributed by atoms with E-state index in [1.54, 1.807) is 53.8 Å². The molecule has 0 aliphatic rings. The molecule has 0 aliphatic carbocycles. The van der Waals surface area contributed by atoms with Crippen molar-refractivity contribution >= 4 is 64.9 Å². The Morgan fingerprint density at radius 2 is 0.919 bits per heavy atom. The number of hydrogen-bond donors (Lipinski definition) is 6. The molecule has 0 radical (unpaired) electrons. The van der Waals surface area contributed by atoms with Crippen LogP contribution in [0.15, 0.2) is 12.2 Å². The number of Topliss-reactive ketones (excluding diaryl/α,β-unsaturated/α-hetero) is 1. The molecule has 0 heterocycles. The first-order chi connectivity index (χ1) is 39.7. The first kappa shape index (κ1) is 80.0. The van der Waals surface area contributed by atoms with E-state index in [1.807, 2.05) is 69.2 Å². The van der Waals surface area contributed by atoms with Gasteiger partial charge in [-0.1, -0.05) is 109 Å². The number of aliphatic carboxylic acids is 1. The highest BCUT2D eigenvalue weighted by atomic mass is 16.4. The third-order valence-corrected chi connectivity index (χ3v) is 16.0. The van der Waals surface area contributed by atoms with Gasteiger partial charge in [0.05, 0.1) is 12.1 Å². The molecule has 0 unspecified atom stereocenters. The number of nitrogens with zero attached hydrogens (tertiary/aromatic N) is 6. The lowest BCUT2D eigenvalue weighted by Gasteiger charge is -2.41. The van der Waals surface area contributed by atoms with Crippen molar-refractivity contribution in [2.24, 2.45) is 47.3 Å². The Kier molecular flexibility index (Phi) is 35.0. The highest BCUT2D eigenvalue weighted by Crippen LogP contribution is 2.27. The van der Waals surface area contributed by atoms with Gasteiger partial charge in [0.25, 0.3) is 0 Å². The number of allylic oxidation sites excluding steroid dienone is 2. The molecule has 12 atom stereocenters. The number of carboxylic acids is 1. The molecule has 0 aliphatic heterocycles. The van der Waals surface area contributed by atoms with E-state index < -0.39 is 138 Å². The highest BCUT2D eigenvalue weighted by Gasteiger charge is 2.45. The van der Waals surface area contributed by atoms with Gasteiger partial charge in [-0.05, 0) is 108 Å². The lowest BCUT2D eigenvalue weighted by atomic mass is 9.85. The lowest BCUT2D eigenvalue weighted by molar-refractivity contribution is -0.157. The van der Waals surface area contributed by atoms with Gasteiger partial charge in [0.1, 0.15) is 54.9 Å². The van der Waals surface area contributed by atoms with Crippen LogP contribution in [0, 0.1) is 47.3 Å². The van der Waals surface area contributed by atoms with Crippen LogP contribution in [-0.2, 0) is 52.7 Å². The molecule has 0 aromatic heterocycles. The largest absolute Gasteiger partial charge is 0.480 e. The van der Waals surface area contributed by atoms with Crippen LogP contribution in [0.3, 0.4) is 0 Å². The zero-order valence-corrected chi connectivity index (χ0v) is 56.8. The topological polar surface area (TPSA) is 296 Å². The summed E-state index contributed by atoms with van der Waals surface area (Å²) in [6, 6.07) is -10.2. The molecule has 494 valence electrons. The molecule has 6 N–H and O–H groups in total. The van der Waals surface area contributed by atoms with Gasteiger partial charge in [-0.25, -0.2) is 0 Å². The van der Waals surface area contributed by atoms with Gasteiger partial charge in [0.15, 0.2) is 5.78 Å². The molecule has 0 rings (SSSR count). The van der Waals surface area contributed by atoms with E-state index in [1.165, 1.54) is 75.7 Å². The SMILES string of the molecule is C/C=C/C[C@@H](C)[C@@H](O)[C@@H](C(=O)N[C@@H](CC)C(=O)N(C)CC(=O)O)N(C)C(=O)[C@H](C(C)C)N(C)C(=O)[C@H](CC(C)C)N(C)C(=O)[C@H](CC(C)C)N(C)C(=O)[C@@H](C)NC(=O)[C@H](C)NC(=O)[C@H](CC(C)C)N(C)C(=O)[C@@H](CC(=O)[C@H](CC(C)C)NC)C(C)C. The van der Waals surface area contributed by atoms with E-state index in [9.17, 15) is 58.2 Å². The predicted octanol–water partition coefficient (Wildman–Crippen LogP) is 4.19. The van der Waals surface area contributed by atoms with E-state index in [-0.39, 0.29) is 73.4 Å². The van der Waals surface area contributed by atoms with Gasteiger partial charge < -0.3 is 60.9 Å². The van der Waals surface area contributed by atoms with Crippen molar-refractivity contribution in [3.8, 4) is 0 Å². The Morgan fingerprint density at radius 1 is 0.477 bits per heavy atom. The summed E-state index contributed by atoms with van der Waals surface area (Å²) >= 11 is 0. The molecule has 0 bridgehead atoms. The number of carbonyl (C=O) groups excluding carboxylic acids is 10. The first-order valence-electron chi connectivity index (χ1n) is 30.9. The van der Waals surface area contributed by atoms with Gasteiger partial charge in [-0.2, -0.15) is 0 Å². The van der Waals surface area contributed by atoms with Crippen molar-refractivity contribution in [3.63, 3.8) is 0 Å². The molecule has 0 saturated heterocycles. The summed E-state index contributed by atoms with van der Waals surface area (Å²) in [6.45, 7) is 29.8. The van der Waals surface area contributed by atoms with Gasteiger partial charge in [-0.15, -0.1) is 0 Å². The zero-order valence-electron chi connectivity index (χ0n) is 56.8. The summed E-state index contributed by atoms with van der Waals surface area (Å²) in [6.07, 6.45) is 3.60. The van der Waals surface area contributed by atoms with Crippen molar-refractivity contribution in [2.45, 2.75) is 223 Å². The van der Waals surface area contributed by atoms with Crippen molar-refractivity contribution < 1.29 is 63.0 Å². The third-order valence-electron chi connectivity index (χ3n) is 16.0. The molecule has 23 nitrogen and oxygen atoms in total. The fourth-order valence-corrected chi connectivity index (χ4v) is 10.6. The minimum Gasteiger partial charge on any atom is -0.480 e. The normalized spacial score (nSPS) is 16.0. The number of hydrogen-bond acceptors (Lipinski definition) is 13. The maximum absolute atomic E-state index is 15.1. The standard InChI is InChI=1S/C63H114N10O13/c1-25-27-28-41(15)54(77)53(57(80)67-45(26-2)60(83)68(19)34-51(75)76)73(24)63(86)52(40(13)14)72(23)62(85)49(32-38(9)10)71(22)61(84)48(31-37(7)8)70(21)58(81)43(17)66-55(78)42(16)65-56(79)47(30-36(5)6)69(20)59(82)44(39(11)12)33-50(74)46(64-18)29-35(3)4/h25,27,35-49,52-54,64,77H,26,28-34H2,1-24H3,(H,65,79)(H,66,78)(H,67,80)(H,75,76)/b27-25+/t41-,42+,43-,44+,45+,46+,47+,48+,49+,52+,53+,54-/m1/s1. The van der Waals surface area contributed by atoms with Crippen LogP contribution in [0.5, 0.6) is 0 Å². The van der Waals surface area contributed by atoms with Crippen LogP contribution in [0.1, 0.15) is 163 Å². The minimum atomic E-state index is -1.58. The Hall–Kier alpha value is -5.97. The number of rotatable bonds is 38. The lowest BCUT2D eigenvalue weighted by Crippen LogP contribution is -2.63. The Balaban J connectivity index is 6.96. The van der Waals surface area contributed by atoms with Crippen LogP contribution < -0.4 is 21.3 Å². The van der Waals surface area contributed by atoms with E-state index in [0.717, 1.165) is 9.80 Å². The molecule has 86 heavy (non-hydrogen) atoms. The summed E-state index contributed by atoms with van der Waals surface area (Å²) in [5.41, 5.74) is 0. The zero-order chi connectivity index (χ0) is 67.1. The van der Waals surface area contributed by atoms with Crippen molar-refractivity contribution in [3.05, 3.63) is 12.2 Å². The van der Waals surface area contributed by atoms with Crippen LogP contribution in [-0.4, -0.2) is 221 Å². The summed E-state index contributed by atoms with van der Waals surface area (Å²) in [5.74, 6) is -9.39. The summed E-state index contributed by atoms with van der Waals surface area (Å²) in [7, 11) is 10.2. The van der Waals surface area contributed by atoms with Crippen LogP contribution in [0.25, 0.3) is 0 Å². The average molecular weight is 1220 g/mol. The Bertz CT molecular complexity index is 2290. The second-order valence-electron chi connectivity index (χ2n) is 26.1. The maximum Gasteiger partial charge on any atom is 0.323 e. The monoisotopic (exact) mass is 1220 g/mol. The second kappa shape index (κ2) is 37.7. The van der Waals surface area contributed by atoms with Gasteiger partial charge in [0, 0.05) is 54.6 Å². The van der Waals surface area contributed by atoms with Crippen molar-refractivity contribution in [2.75, 3.05) is 55.9 Å². The van der Waals surface area contributed by atoms with Crippen LogP contribution >= 0.6 is 0 Å². The fraction of sp³-hybridized carbons (Fsp3) is 0.794. The van der Waals surface area contributed by atoms with Gasteiger partial charge >= 0.3 is 5.97 Å². The minimum absolute atomic E-state index is 0.0103.